The molecule has 42 heavy (non-hydrogen) atoms. The van der Waals surface area contributed by atoms with E-state index in [0.29, 0.717) is 41.8 Å². The number of ketones is 1. The van der Waals surface area contributed by atoms with Gasteiger partial charge in [0.15, 0.2) is 5.82 Å². The fourth-order valence-electron chi connectivity index (χ4n) is 5.44. The molecule has 0 N–H and O–H groups in total. The highest BCUT2D eigenvalue weighted by Gasteiger charge is 2.46. The second-order valence-corrected chi connectivity index (χ2v) is 10.4. The predicted molar refractivity (Wildman–Crippen MR) is 149 cm³/mol. The number of hydrogen-bond acceptors (Lipinski definition) is 8. The summed E-state index contributed by atoms with van der Waals surface area (Å²) in [6.45, 7) is 2.66. The van der Waals surface area contributed by atoms with Crippen molar-refractivity contribution in [1.29, 1.82) is 0 Å². The van der Waals surface area contributed by atoms with Crippen molar-refractivity contribution in [2.75, 3.05) is 26.2 Å². The molecule has 2 atom stereocenters. The van der Waals surface area contributed by atoms with Gasteiger partial charge in [0, 0.05) is 49.1 Å². The van der Waals surface area contributed by atoms with Gasteiger partial charge in [0.2, 0.25) is 5.65 Å². The van der Waals surface area contributed by atoms with Gasteiger partial charge in [-0.25, -0.2) is 4.98 Å². The minimum Gasteiger partial charge on any atom is -0.497 e. The van der Waals surface area contributed by atoms with Crippen LogP contribution < -0.4 is 19.1 Å². The van der Waals surface area contributed by atoms with Gasteiger partial charge < -0.3 is 19.1 Å². The van der Waals surface area contributed by atoms with Crippen molar-refractivity contribution in [3.8, 4) is 17.2 Å². The molecule has 1 fully saturated rings. The van der Waals surface area contributed by atoms with E-state index in [9.17, 15) is 18.0 Å². The van der Waals surface area contributed by atoms with Crippen LogP contribution in [0, 0.1) is 12.8 Å². The van der Waals surface area contributed by atoms with E-state index < -0.39 is 18.0 Å². The number of ether oxygens (including phenoxy) is 3. The van der Waals surface area contributed by atoms with E-state index >= 15 is 0 Å². The fourth-order valence-corrected chi connectivity index (χ4v) is 5.44. The molecule has 1 aliphatic rings. The number of nitrogens with zero attached hydrogens (tertiary/aromatic N) is 5. The number of anilines is 1. The lowest BCUT2D eigenvalue weighted by Gasteiger charge is -2.29. The molecule has 0 radical (unpaired) electrons. The molecular weight excluding hydrogens is 551 g/mol. The zero-order chi connectivity index (χ0) is 30.0. The third kappa shape index (κ3) is 5.83. The summed E-state index contributed by atoms with van der Waals surface area (Å²) in [5, 5.41) is 8.58. The number of hydrogen-bond donors (Lipinski definition) is 0. The third-order valence-electron chi connectivity index (χ3n) is 7.72. The molecule has 4 aromatic rings. The average Bonchev–Trinajstić information content (AvgIpc) is 3.41. The number of carbonyl (C=O) groups is 1. The van der Waals surface area contributed by atoms with Crippen molar-refractivity contribution >= 4 is 17.2 Å². The van der Waals surface area contributed by atoms with Gasteiger partial charge in [0.05, 0.1) is 33.2 Å². The van der Waals surface area contributed by atoms with Gasteiger partial charge in [-0.15, -0.1) is 10.2 Å². The van der Waals surface area contributed by atoms with E-state index in [0.717, 1.165) is 16.7 Å². The molecule has 5 rings (SSSR count). The highest BCUT2D eigenvalue weighted by molar-refractivity contribution is 5.86. The van der Waals surface area contributed by atoms with Crippen molar-refractivity contribution in [3.63, 3.8) is 0 Å². The van der Waals surface area contributed by atoms with E-state index in [-0.39, 0.29) is 30.9 Å². The number of aryl methyl sites for hydroxylation is 1. The van der Waals surface area contributed by atoms with Crippen LogP contribution in [0.1, 0.15) is 47.7 Å². The Hall–Kier alpha value is -4.35. The number of alkyl halides is 3. The molecule has 9 nitrogen and oxygen atoms in total. The van der Waals surface area contributed by atoms with Gasteiger partial charge in [-0.3, -0.25) is 9.20 Å². The lowest BCUT2D eigenvalue weighted by molar-refractivity contribution is -0.183. The first-order valence-electron chi connectivity index (χ1n) is 13.5. The predicted octanol–water partition coefficient (Wildman–Crippen LogP) is 5.68. The number of Topliss-reactive ketones (excluding diaryl/α,β-unsaturated/α-hetero) is 1. The van der Waals surface area contributed by atoms with Crippen LogP contribution in [0.4, 0.5) is 19.0 Å². The van der Waals surface area contributed by atoms with Crippen molar-refractivity contribution < 1.29 is 32.2 Å². The zero-order valence-corrected chi connectivity index (χ0v) is 23.8. The highest BCUT2D eigenvalue weighted by atomic mass is 19.4. The summed E-state index contributed by atoms with van der Waals surface area (Å²) in [5.74, 6) is -0.289. The number of carbonyl (C=O) groups excluding carboxylic acids is 1. The maximum atomic E-state index is 13.6. The molecule has 0 amide bonds. The fraction of sp³-hybridized carbons (Fsp3) is 0.400. The lowest BCUT2D eigenvalue weighted by atomic mass is 9.79. The van der Waals surface area contributed by atoms with Gasteiger partial charge in [0.25, 0.3) is 0 Å². The Balaban J connectivity index is 1.58. The SMILES string of the molecule is COc1ccc(CN(Cc2ccc(C)cc2OC)c2nccn3c(C4CC(C(F)(F)F)CCC4=O)nnc23)c(OC)c1. The summed E-state index contributed by atoms with van der Waals surface area (Å²) < 4.78 is 59.0. The molecule has 2 unspecified atom stereocenters. The lowest BCUT2D eigenvalue weighted by Crippen LogP contribution is -2.33. The Kier molecular flexibility index (Phi) is 8.24. The molecule has 222 valence electrons. The Morgan fingerprint density at radius 2 is 1.67 bits per heavy atom. The monoisotopic (exact) mass is 583 g/mol. The topological polar surface area (TPSA) is 91.1 Å². The van der Waals surface area contributed by atoms with Crippen LogP contribution in [-0.4, -0.2) is 52.9 Å². The second kappa shape index (κ2) is 11.9. The molecule has 0 spiro atoms. The number of halogens is 3. The van der Waals surface area contributed by atoms with Gasteiger partial charge in [-0.2, -0.15) is 13.2 Å². The smallest absolute Gasteiger partial charge is 0.391 e. The molecule has 1 aliphatic carbocycles. The normalized spacial score (nSPS) is 17.4. The van der Waals surface area contributed by atoms with E-state index in [2.05, 4.69) is 15.2 Å². The third-order valence-corrected chi connectivity index (χ3v) is 7.72. The van der Waals surface area contributed by atoms with Crippen LogP contribution in [0.15, 0.2) is 48.8 Å². The average molecular weight is 584 g/mol. The summed E-state index contributed by atoms with van der Waals surface area (Å²) in [6.07, 6.45) is -1.98. The van der Waals surface area contributed by atoms with E-state index in [1.54, 1.807) is 38.0 Å². The van der Waals surface area contributed by atoms with Crippen molar-refractivity contribution in [2.24, 2.45) is 5.92 Å². The quantitative estimate of drug-likeness (QED) is 0.249. The maximum Gasteiger partial charge on any atom is 0.391 e. The Labute approximate surface area is 241 Å². The van der Waals surface area contributed by atoms with Crippen LogP contribution in [-0.2, 0) is 17.9 Å². The minimum atomic E-state index is -4.38. The zero-order valence-electron chi connectivity index (χ0n) is 23.8. The van der Waals surface area contributed by atoms with Gasteiger partial charge >= 0.3 is 6.18 Å². The molecule has 0 aliphatic heterocycles. The van der Waals surface area contributed by atoms with Crippen molar-refractivity contribution in [2.45, 2.75) is 51.4 Å². The molecule has 0 saturated heterocycles. The van der Waals surface area contributed by atoms with E-state index in [1.165, 1.54) is 6.20 Å². The first-order valence-corrected chi connectivity index (χ1v) is 13.5. The van der Waals surface area contributed by atoms with Gasteiger partial charge in [-0.05, 0) is 43.5 Å². The van der Waals surface area contributed by atoms with Gasteiger partial charge in [-0.1, -0.05) is 12.1 Å². The standard InChI is InChI=1S/C30H32F3N5O4/c1-18-5-6-19(25(13-18)41-3)16-37(17-20-7-9-22(40-2)15-26(20)42-4)28-29-36-35-27(38(29)12-11-34-28)23-14-21(30(31,32)33)8-10-24(23)39/h5-7,9,11-13,15,21,23H,8,10,14,16-17H2,1-4H3. The molecule has 1 saturated carbocycles. The van der Waals surface area contributed by atoms with Crippen LogP contribution in [0.5, 0.6) is 17.2 Å². The Morgan fingerprint density at radius 1 is 0.976 bits per heavy atom. The molecule has 2 aromatic heterocycles. The number of aromatic nitrogens is 4. The first kappa shape index (κ1) is 29.2. The number of methoxy groups -OCH3 is 3. The number of rotatable bonds is 9. The maximum absolute atomic E-state index is 13.6. The largest absolute Gasteiger partial charge is 0.497 e. The van der Waals surface area contributed by atoms with E-state index in [1.807, 2.05) is 42.2 Å². The molecule has 0 bridgehead atoms. The molecule has 2 aromatic carbocycles. The van der Waals surface area contributed by atoms with Gasteiger partial charge in [0.1, 0.15) is 28.9 Å². The van der Waals surface area contributed by atoms with Crippen LogP contribution in [0.25, 0.3) is 5.65 Å². The second-order valence-electron chi connectivity index (χ2n) is 10.4. The van der Waals surface area contributed by atoms with Crippen LogP contribution in [0.2, 0.25) is 0 Å². The minimum absolute atomic E-state index is 0.154. The Bertz CT molecular complexity index is 1590. The Morgan fingerprint density at radius 3 is 2.33 bits per heavy atom. The van der Waals surface area contributed by atoms with E-state index in [4.69, 9.17) is 14.2 Å². The highest BCUT2D eigenvalue weighted by Crippen LogP contribution is 2.42. The summed E-state index contributed by atoms with van der Waals surface area (Å²) in [6, 6.07) is 11.4. The van der Waals surface area contributed by atoms with Crippen molar-refractivity contribution in [3.05, 3.63) is 71.3 Å². The summed E-state index contributed by atoms with van der Waals surface area (Å²) in [7, 11) is 4.75. The van der Waals surface area contributed by atoms with Crippen LogP contribution in [0.3, 0.4) is 0 Å². The number of benzene rings is 2. The molecule has 2 heterocycles. The molecule has 12 heteroatoms. The van der Waals surface area contributed by atoms with Crippen LogP contribution >= 0.6 is 0 Å². The molecular formula is C30H32F3N5O4. The summed E-state index contributed by atoms with van der Waals surface area (Å²) >= 11 is 0. The first-order chi connectivity index (χ1) is 20.1. The summed E-state index contributed by atoms with van der Waals surface area (Å²) in [4.78, 5) is 19.4. The summed E-state index contributed by atoms with van der Waals surface area (Å²) in [5.41, 5.74) is 3.08. The number of fused-ring (bicyclic) bond motifs is 1. The van der Waals surface area contributed by atoms with Crippen molar-refractivity contribution in [1.82, 2.24) is 19.6 Å².